The number of aliphatic imine (C=N–C) groups is 1. The molecular weight excluding hydrogens is 292 g/mol. The van der Waals surface area contributed by atoms with Crippen LogP contribution in [-0.4, -0.2) is 49.6 Å². The molecule has 0 saturated carbocycles. The van der Waals surface area contributed by atoms with Gasteiger partial charge in [-0.1, -0.05) is 12.5 Å². The van der Waals surface area contributed by atoms with Crippen LogP contribution in [0.15, 0.2) is 22.5 Å². The number of nitrogens with one attached hydrogen (secondary N) is 2. The van der Waals surface area contributed by atoms with Gasteiger partial charge in [-0.05, 0) is 57.6 Å². The molecule has 0 spiro atoms. The number of hydrogen-bond acceptors (Lipinski definition) is 3. The summed E-state index contributed by atoms with van der Waals surface area (Å²) in [6, 6.07) is 4.29. The lowest BCUT2D eigenvalue weighted by Crippen LogP contribution is -2.55. The second-order valence-electron chi connectivity index (χ2n) is 6.54. The molecule has 0 aromatic carbocycles. The van der Waals surface area contributed by atoms with Crippen molar-refractivity contribution in [3.8, 4) is 0 Å². The summed E-state index contributed by atoms with van der Waals surface area (Å²) < 4.78 is 0. The summed E-state index contributed by atoms with van der Waals surface area (Å²) in [4.78, 5) is 8.35. The highest BCUT2D eigenvalue weighted by atomic mass is 32.1. The molecule has 2 N–H and O–H groups in total. The van der Waals surface area contributed by atoms with Gasteiger partial charge in [-0.15, -0.1) is 11.3 Å². The van der Waals surface area contributed by atoms with Gasteiger partial charge in [0.25, 0.3) is 0 Å². The van der Waals surface area contributed by atoms with Crippen molar-refractivity contribution in [2.45, 2.75) is 45.1 Å². The summed E-state index contributed by atoms with van der Waals surface area (Å²) in [6.07, 6.45) is 5.09. The van der Waals surface area contributed by atoms with Crippen LogP contribution in [-0.2, 0) is 6.42 Å². The van der Waals surface area contributed by atoms with Crippen molar-refractivity contribution in [2.24, 2.45) is 4.99 Å². The highest BCUT2D eigenvalue weighted by Gasteiger charge is 2.27. The third-order valence-corrected chi connectivity index (χ3v) is 5.30. The number of likely N-dealkylation sites (tertiary alicyclic amines) is 1. The Labute approximate surface area is 139 Å². The first-order chi connectivity index (χ1) is 10.6. The lowest BCUT2D eigenvalue weighted by molar-refractivity contribution is 0.0982. The Balaban J connectivity index is 1.72. The van der Waals surface area contributed by atoms with Gasteiger partial charge >= 0.3 is 0 Å². The van der Waals surface area contributed by atoms with Crippen molar-refractivity contribution in [1.82, 2.24) is 15.5 Å². The molecular formula is C17H30N4S. The molecule has 0 unspecified atom stereocenters. The molecule has 1 aliphatic rings. The van der Waals surface area contributed by atoms with Gasteiger partial charge in [-0.2, -0.15) is 0 Å². The summed E-state index contributed by atoms with van der Waals surface area (Å²) in [5.41, 5.74) is 0.172. The Morgan fingerprint density at radius 2 is 2.05 bits per heavy atom. The van der Waals surface area contributed by atoms with Crippen LogP contribution in [0.3, 0.4) is 0 Å². The maximum atomic E-state index is 4.33. The molecule has 22 heavy (non-hydrogen) atoms. The lowest BCUT2D eigenvalue weighted by atomic mass is 9.98. The largest absolute Gasteiger partial charge is 0.356 e. The lowest BCUT2D eigenvalue weighted by Gasteiger charge is -2.41. The van der Waals surface area contributed by atoms with Crippen LogP contribution in [0, 0.1) is 0 Å². The van der Waals surface area contributed by atoms with Crippen LogP contribution in [0.25, 0.3) is 0 Å². The first-order valence-corrected chi connectivity index (χ1v) is 9.22. The fourth-order valence-corrected chi connectivity index (χ4v) is 3.60. The number of thiophene rings is 1. The van der Waals surface area contributed by atoms with E-state index in [9.17, 15) is 0 Å². The van der Waals surface area contributed by atoms with Crippen molar-refractivity contribution in [3.05, 3.63) is 22.4 Å². The zero-order valence-corrected chi connectivity index (χ0v) is 15.0. The first-order valence-electron chi connectivity index (χ1n) is 8.34. The molecule has 0 radical (unpaired) electrons. The monoisotopic (exact) mass is 322 g/mol. The van der Waals surface area contributed by atoms with E-state index < -0.39 is 0 Å². The maximum Gasteiger partial charge on any atom is 0.191 e. The highest BCUT2D eigenvalue weighted by Crippen LogP contribution is 2.19. The van der Waals surface area contributed by atoms with E-state index in [2.05, 4.69) is 51.9 Å². The Hall–Kier alpha value is -1.07. The molecule has 2 heterocycles. The van der Waals surface area contributed by atoms with Gasteiger partial charge in [-0.3, -0.25) is 9.89 Å². The SMILES string of the molecule is CN=C(NCCc1cccs1)NCC(C)(C)N1CCCCC1. The Morgan fingerprint density at radius 3 is 2.68 bits per heavy atom. The van der Waals surface area contributed by atoms with Crippen molar-refractivity contribution in [2.75, 3.05) is 33.2 Å². The molecule has 1 aromatic heterocycles. The van der Waals surface area contributed by atoms with Crippen LogP contribution in [0.2, 0.25) is 0 Å². The number of piperidine rings is 1. The number of hydrogen-bond donors (Lipinski definition) is 2. The van der Waals surface area contributed by atoms with Crippen molar-refractivity contribution >= 4 is 17.3 Å². The molecule has 1 aliphatic heterocycles. The van der Waals surface area contributed by atoms with Crippen molar-refractivity contribution < 1.29 is 0 Å². The van der Waals surface area contributed by atoms with Crippen LogP contribution in [0.1, 0.15) is 38.0 Å². The topological polar surface area (TPSA) is 39.7 Å². The minimum absolute atomic E-state index is 0.172. The Bertz CT molecular complexity index is 447. The van der Waals surface area contributed by atoms with Gasteiger partial charge in [-0.25, -0.2) is 0 Å². The van der Waals surface area contributed by atoms with E-state index in [1.165, 1.54) is 37.2 Å². The van der Waals surface area contributed by atoms with Gasteiger partial charge < -0.3 is 10.6 Å². The van der Waals surface area contributed by atoms with Gasteiger partial charge in [0.15, 0.2) is 5.96 Å². The summed E-state index contributed by atoms with van der Waals surface area (Å²) in [5.74, 6) is 0.904. The van der Waals surface area contributed by atoms with Crippen LogP contribution < -0.4 is 10.6 Å². The van der Waals surface area contributed by atoms with Gasteiger partial charge in [0.1, 0.15) is 0 Å². The average molecular weight is 323 g/mol. The van der Waals surface area contributed by atoms with Crippen LogP contribution >= 0.6 is 11.3 Å². The summed E-state index contributed by atoms with van der Waals surface area (Å²) >= 11 is 1.81. The molecule has 124 valence electrons. The minimum Gasteiger partial charge on any atom is -0.356 e. The quantitative estimate of drug-likeness (QED) is 0.625. The molecule has 0 atom stereocenters. The van der Waals surface area contributed by atoms with E-state index in [0.29, 0.717) is 0 Å². The van der Waals surface area contributed by atoms with Crippen LogP contribution in [0.5, 0.6) is 0 Å². The summed E-state index contributed by atoms with van der Waals surface area (Å²) in [5, 5.41) is 9.03. The molecule has 1 aromatic rings. The van der Waals surface area contributed by atoms with E-state index in [1.54, 1.807) is 0 Å². The normalized spacial score (nSPS) is 17.5. The average Bonchev–Trinajstić information content (AvgIpc) is 3.05. The second-order valence-corrected chi connectivity index (χ2v) is 7.57. The highest BCUT2D eigenvalue weighted by molar-refractivity contribution is 7.09. The van der Waals surface area contributed by atoms with Gasteiger partial charge in [0, 0.05) is 30.6 Å². The molecule has 5 heteroatoms. The molecule has 1 saturated heterocycles. The van der Waals surface area contributed by atoms with E-state index in [4.69, 9.17) is 0 Å². The standard InChI is InChI=1S/C17H30N4S/c1-17(2,21-11-5-4-6-12-21)14-20-16(18-3)19-10-9-15-8-7-13-22-15/h7-8,13H,4-6,9-12,14H2,1-3H3,(H2,18,19,20). The zero-order chi connectivity index (χ0) is 15.8. The molecule has 0 aliphatic carbocycles. The van der Waals surface area contributed by atoms with E-state index >= 15 is 0 Å². The Morgan fingerprint density at radius 1 is 1.27 bits per heavy atom. The minimum atomic E-state index is 0.172. The Kier molecular flexibility index (Phi) is 6.70. The summed E-state index contributed by atoms with van der Waals surface area (Å²) in [6.45, 7) is 8.93. The first kappa shape index (κ1) is 17.3. The number of nitrogens with zero attached hydrogens (tertiary/aromatic N) is 2. The van der Waals surface area contributed by atoms with Crippen molar-refractivity contribution in [3.63, 3.8) is 0 Å². The molecule has 0 bridgehead atoms. The van der Waals surface area contributed by atoms with E-state index in [0.717, 1.165) is 25.5 Å². The van der Waals surface area contributed by atoms with Crippen LogP contribution in [0.4, 0.5) is 0 Å². The van der Waals surface area contributed by atoms with Crippen molar-refractivity contribution in [1.29, 1.82) is 0 Å². The van der Waals surface area contributed by atoms with E-state index in [-0.39, 0.29) is 5.54 Å². The third kappa shape index (κ3) is 5.29. The number of guanidine groups is 1. The fourth-order valence-electron chi connectivity index (χ4n) is 2.89. The molecule has 1 fully saturated rings. The fraction of sp³-hybridized carbons (Fsp3) is 0.706. The third-order valence-electron chi connectivity index (χ3n) is 4.37. The summed E-state index contributed by atoms with van der Waals surface area (Å²) in [7, 11) is 1.84. The predicted molar refractivity (Wildman–Crippen MR) is 96.9 cm³/mol. The number of rotatable bonds is 6. The smallest absolute Gasteiger partial charge is 0.191 e. The predicted octanol–water partition coefficient (Wildman–Crippen LogP) is 2.72. The molecule has 4 nitrogen and oxygen atoms in total. The molecule has 0 amide bonds. The van der Waals surface area contributed by atoms with Gasteiger partial charge in [0.05, 0.1) is 0 Å². The zero-order valence-electron chi connectivity index (χ0n) is 14.2. The maximum absolute atomic E-state index is 4.33. The molecule has 2 rings (SSSR count). The van der Waals surface area contributed by atoms with E-state index in [1.807, 2.05) is 18.4 Å². The second kappa shape index (κ2) is 8.53. The van der Waals surface area contributed by atoms with Gasteiger partial charge in [0.2, 0.25) is 0 Å².